The Kier molecular flexibility index (Phi) is 2.60. The Morgan fingerprint density at radius 1 is 1.46 bits per heavy atom. The Hall–Kier alpha value is -1.45. The second-order valence-corrected chi connectivity index (χ2v) is 2.74. The third-order valence-corrected chi connectivity index (χ3v) is 1.80. The highest BCUT2D eigenvalue weighted by molar-refractivity contribution is 5.93. The molecule has 70 valence electrons. The lowest BCUT2D eigenvalue weighted by Gasteiger charge is -2.05. The van der Waals surface area contributed by atoms with Gasteiger partial charge in [-0.3, -0.25) is 4.79 Å². The van der Waals surface area contributed by atoms with E-state index in [9.17, 15) is 13.6 Å². The summed E-state index contributed by atoms with van der Waals surface area (Å²) in [5.41, 5.74) is 5.38. The molecule has 0 aliphatic carbocycles. The average molecular weight is 185 g/mol. The molecular formula is C9H9F2NO. The highest BCUT2D eigenvalue weighted by Crippen LogP contribution is 2.23. The molecule has 0 saturated heterocycles. The van der Waals surface area contributed by atoms with Crippen molar-refractivity contribution in [1.82, 2.24) is 0 Å². The van der Waals surface area contributed by atoms with Gasteiger partial charge in [0, 0.05) is 11.1 Å². The Bertz CT molecular complexity index is 336. The van der Waals surface area contributed by atoms with Crippen LogP contribution in [0.4, 0.5) is 8.78 Å². The van der Waals surface area contributed by atoms with Crippen molar-refractivity contribution < 1.29 is 13.6 Å². The number of aryl methyl sites for hydroxylation is 1. The molecule has 0 fully saturated rings. The molecule has 1 amide bonds. The smallest absolute Gasteiger partial charge is 0.264 e. The minimum Gasteiger partial charge on any atom is -0.366 e. The summed E-state index contributed by atoms with van der Waals surface area (Å²) in [6.45, 7) is 1.56. The first kappa shape index (κ1) is 9.64. The molecule has 0 radical (unpaired) electrons. The van der Waals surface area contributed by atoms with Gasteiger partial charge < -0.3 is 5.73 Å². The van der Waals surface area contributed by atoms with Gasteiger partial charge in [0.05, 0.1) is 0 Å². The molecule has 13 heavy (non-hydrogen) atoms. The summed E-state index contributed by atoms with van der Waals surface area (Å²) < 4.78 is 24.6. The number of halogens is 2. The molecule has 0 heterocycles. The highest BCUT2D eigenvalue weighted by atomic mass is 19.3. The number of amides is 1. The zero-order valence-corrected chi connectivity index (χ0v) is 7.05. The lowest BCUT2D eigenvalue weighted by Crippen LogP contribution is -2.11. The number of primary amides is 1. The SMILES string of the molecule is Cc1ccc(C(N)=O)cc1C(F)F. The number of rotatable bonds is 2. The van der Waals surface area contributed by atoms with Crippen LogP contribution in [0.15, 0.2) is 18.2 Å². The van der Waals surface area contributed by atoms with Crippen molar-refractivity contribution in [2.75, 3.05) is 0 Å². The fourth-order valence-electron chi connectivity index (χ4n) is 1.03. The van der Waals surface area contributed by atoms with E-state index in [2.05, 4.69) is 0 Å². The third kappa shape index (κ3) is 2.02. The van der Waals surface area contributed by atoms with E-state index in [4.69, 9.17) is 5.73 Å². The minimum absolute atomic E-state index is 0.112. The molecule has 0 atom stereocenters. The van der Waals surface area contributed by atoms with E-state index in [0.29, 0.717) is 5.56 Å². The molecule has 0 aliphatic heterocycles. The van der Waals surface area contributed by atoms with Crippen molar-refractivity contribution >= 4 is 5.91 Å². The average Bonchev–Trinajstić information content (AvgIpc) is 2.04. The Morgan fingerprint density at radius 3 is 2.54 bits per heavy atom. The molecule has 0 bridgehead atoms. The maximum absolute atomic E-state index is 12.3. The number of benzene rings is 1. The van der Waals surface area contributed by atoms with Crippen LogP contribution in [0, 0.1) is 6.92 Å². The third-order valence-electron chi connectivity index (χ3n) is 1.80. The number of carbonyl (C=O) groups excluding carboxylic acids is 1. The van der Waals surface area contributed by atoms with Crippen molar-refractivity contribution in [3.05, 3.63) is 34.9 Å². The van der Waals surface area contributed by atoms with Gasteiger partial charge in [0.1, 0.15) is 0 Å². The van der Waals surface area contributed by atoms with Crippen LogP contribution in [0.5, 0.6) is 0 Å². The van der Waals surface area contributed by atoms with E-state index in [1.807, 2.05) is 0 Å². The van der Waals surface area contributed by atoms with Gasteiger partial charge in [-0.05, 0) is 24.6 Å². The summed E-state index contributed by atoms with van der Waals surface area (Å²) in [6.07, 6.45) is -2.57. The minimum atomic E-state index is -2.57. The number of hydrogen-bond donors (Lipinski definition) is 1. The lowest BCUT2D eigenvalue weighted by atomic mass is 10.1. The summed E-state index contributed by atoms with van der Waals surface area (Å²) in [7, 11) is 0. The molecule has 1 rings (SSSR count). The monoisotopic (exact) mass is 185 g/mol. The molecule has 2 N–H and O–H groups in total. The summed E-state index contributed by atoms with van der Waals surface area (Å²) in [4.78, 5) is 10.7. The summed E-state index contributed by atoms with van der Waals surface area (Å²) in [5.74, 6) is -0.693. The Morgan fingerprint density at radius 2 is 2.08 bits per heavy atom. The van der Waals surface area contributed by atoms with Crippen molar-refractivity contribution in [1.29, 1.82) is 0 Å². The summed E-state index contributed by atoms with van der Waals surface area (Å²) in [5, 5.41) is 0. The van der Waals surface area contributed by atoms with Gasteiger partial charge in [-0.15, -0.1) is 0 Å². The van der Waals surface area contributed by atoms with Gasteiger partial charge in [-0.25, -0.2) is 8.78 Å². The molecule has 1 aromatic carbocycles. The van der Waals surface area contributed by atoms with Crippen LogP contribution >= 0.6 is 0 Å². The van der Waals surface area contributed by atoms with E-state index in [1.165, 1.54) is 12.1 Å². The molecule has 1 aromatic rings. The van der Waals surface area contributed by atoms with E-state index >= 15 is 0 Å². The van der Waals surface area contributed by atoms with Gasteiger partial charge in [0.15, 0.2) is 0 Å². The van der Waals surface area contributed by atoms with Gasteiger partial charge in [0.2, 0.25) is 5.91 Å². The second kappa shape index (κ2) is 3.51. The van der Waals surface area contributed by atoms with Crippen LogP contribution in [0.25, 0.3) is 0 Å². The van der Waals surface area contributed by atoms with Gasteiger partial charge in [-0.2, -0.15) is 0 Å². The molecule has 0 saturated carbocycles. The lowest BCUT2D eigenvalue weighted by molar-refractivity contribution is 0.0999. The Labute approximate surface area is 74.4 Å². The predicted molar refractivity (Wildman–Crippen MR) is 44.7 cm³/mol. The van der Waals surface area contributed by atoms with Crippen molar-refractivity contribution in [2.45, 2.75) is 13.3 Å². The fraction of sp³-hybridized carbons (Fsp3) is 0.222. The molecule has 0 aromatic heterocycles. The summed E-state index contributed by atoms with van der Waals surface area (Å²) in [6, 6.07) is 4.02. The first-order chi connectivity index (χ1) is 6.02. The van der Waals surface area contributed by atoms with Crippen molar-refractivity contribution in [3.8, 4) is 0 Å². The second-order valence-electron chi connectivity index (χ2n) is 2.74. The topological polar surface area (TPSA) is 43.1 Å². The number of hydrogen-bond acceptors (Lipinski definition) is 1. The van der Waals surface area contributed by atoms with Crippen LogP contribution in [-0.2, 0) is 0 Å². The summed E-state index contributed by atoms with van der Waals surface area (Å²) >= 11 is 0. The van der Waals surface area contributed by atoms with Gasteiger partial charge in [-0.1, -0.05) is 6.07 Å². The molecule has 2 nitrogen and oxygen atoms in total. The van der Waals surface area contributed by atoms with Crippen LogP contribution in [-0.4, -0.2) is 5.91 Å². The van der Waals surface area contributed by atoms with Gasteiger partial charge >= 0.3 is 0 Å². The molecule has 0 aliphatic rings. The zero-order valence-electron chi connectivity index (χ0n) is 7.05. The van der Waals surface area contributed by atoms with Crippen LogP contribution in [0.2, 0.25) is 0 Å². The van der Waals surface area contributed by atoms with Gasteiger partial charge in [0.25, 0.3) is 6.43 Å². The molecular weight excluding hydrogens is 176 g/mol. The molecule has 0 unspecified atom stereocenters. The van der Waals surface area contributed by atoms with Crippen LogP contribution in [0.3, 0.4) is 0 Å². The highest BCUT2D eigenvalue weighted by Gasteiger charge is 2.12. The molecule has 4 heteroatoms. The van der Waals surface area contributed by atoms with E-state index in [0.717, 1.165) is 6.07 Å². The maximum Gasteiger partial charge on any atom is 0.264 e. The molecule has 0 spiro atoms. The van der Waals surface area contributed by atoms with E-state index in [-0.39, 0.29) is 11.1 Å². The van der Waals surface area contributed by atoms with E-state index in [1.54, 1.807) is 6.92 Å². The number of nitrogens with two attached hydrogens (primary N) is 1. The normalized spacial score (nSPS) is 10.5. The first-order valence-corrected chi connectivity index (χ1v) is 3.71. The van der Waals surface area contributed by atoms with Crippen molar-refractivity contribution in [3.63, 3.8) is 0 Å². The Balaban J connectivity index is 3.19. The van der Waals surface area contributed by atoms with E-state index < -0.39 is 12.3 Å². The first-order valence-electron chi connectivity index (χ1n) is 3.71. The van der Waals surface area contributed by atoms with Crippen LogP contribution in [0.1, 0.15) is 27.9 Å². The zero-order chi connectivity index (χ0) is 10.0. The predicted octanol–water partition coefficient (Wildman–Crippen LogP) is 2.03. The number of carbonyl (C=O) groups is 1. The fourth-order valence-corrected chi connectivity index (χ4v) is 1.03. The maximum atomic E-state index is 12.3. The van der Waals surface area contributed by atoms with Crippen molar-refractivity contribution in [2.24, 2.45) is 5.73 Å². The number of alkyl halides is 2. The standard InChI is InChI=1S/C9H9F2NO/c1-5-2-3-6(9(12)13)4-7(5)8(10)11/h2-4,8H,1H3,(H2,12,13). The van der Waals surface area contributed by atoms with Crippen LogP contribution < -0.4 is 5.73 Å². The largest absolute Gasteiger partial charge is 0.366 e. The quantitative estimate of drug-likeness (QED) is 0.752.